The molecule has 1 N–H and O–H groups in total. The third kappa shape index (κ3) is 2.95. The third-order valence-electron chi connectivity index (χ3n) is 3.66. The van der Waals surface area contributed by atoms with Gasteiger partial charge in [0, 0.05) is 29.1 Å². The number of aromatic amines is 1. The summed E-state index contributed by atoms with van der Waals surface area (Å²) in [5, 5.41) is 0. The van der Waals surface area contributed by atoms with Crippen molar-refractivity contribution in [1.82, 2.24) is 4.98 Å². The Hall–Kier alpha value is -2.69. The number of aryl methyl sites for hydroxylation is 2. The second-order valence-electron chi connectivity index (χ2n) is 5.41. The number of halogens is 2. The molecule has 1 aromatic carbocycles. The van der Waals surface area contributed by atoms with Gasteiger partial charge in [-0.1, -0.05) is 0 Å². The number of rotatable bonds is 3. The van der Waals surface area contributed by atoms with Crippen LogP contribution in [0.2, 0.25) is 0 Å². The van der Waals surface area contributed by atoms with E-state index in [1.165, 1.54) is 19.2 Å². The van der Waals surface area contributed by atoms with Crippen LogP contribution in [0, 0.1) is 25.5 Å². The number of aromatic nitrogens is 1. The van der Waals surface area contributed by atoms with Gasteiger partial charge in [-0.3, -0.25) is 0 Å². The molecule has 0 aliphatic carbocycles. The van der Waals surface area contributed by atoms with Crippen LogP contribution in [0.4, 0.5) is 8.78 Å². The van der Waals surface area contributed by atoms with Gasteiger partial charge in [0.1, 0.15) is 23.1 Å². The highest BCUT2D eigenvalue weighted by atomic mass is 19.1. The van der Waals surface area contributed by atoms with Crippen LogP contribution in [0.15, 0.2) is 46.8 Å². The van der Waals surface area contributed by atoms with Gasteiger partial charge in [-0.05, 0) is 43.7 Å². The fraction of sp³-hybridized carbons (Fsp3) is 0.167. The van der Waals surface area contributed by atoms with Gasteiger partial charge < -0.3 is 9.72 Å². The second kappa shape index (κ2) is 5.83. The SMILES string of the molecule is COC1=CC(c2ccc(F)cc2F)=NC1=Cc1[nH]c(C)cc1C. The van der Waals surface area contributed by atoms with Crippen molar-refractivity contribution < 1.29 is 13.5 Å². The lowest BCUT2D eigenvalue weighted by Crippen LogP contribution is -1.99. The van der Waals surface area contributed by atoms with Crippen LogP contribution in [0.3, 0.4) is 0 Å². The summed E-state index contributed by atoms with van der Waals surface area (Å²) in [5.41, 5.74) is 4.29. The Balaban J connectivity index is 2.04. The van der Waals surface area contributed by atoms with Gasteiger partial charge in [0.25, 0.3) is 0 Å². The Morgan fingerprint density at radius 3 is 2.57 bits per heavy atom. The summed E-state index contributed by atoms with van der Waals surface area (Å²) >= 11 is 0. The number of hydrogen-bond donors (Lipinski definition) is 1. The maximum Gasteiger partial charge on any atom is 0.146 e. The fourth-order valence-electron chi connectivity index (χ4n) is 2.55. The molecule has 0 unspecified atom stereocenters. The summed E-state index contributed by atoms with van der Waals surface area (Å²) in [7, 11) is 1.53. The van der Waals surface area contributed by atoms with Crippen molar-refractivity contribution in [2.45, 2.75) is 13.8 Å². The van der Waals surface area contributed by atoms with E-state index in [-0.39, 0.29) is 5.56 Å². The summed E-state index contributed by atoms with van der Waals surface area (Å²) in [4.78, 5) is 7.66. The highest BCUT2D eigenvalue weighted by Gasteiger charge is 2.19. The minimum Gasteiger partial charge on any atom is -0.494 e. The number of allylic oxidation sites excluding steroid dienone is 1. The van der Waals surface area contributed by atoms with Gasteiger partial charge in [-0.15, -0.1) is 0 Å². The summed E-state index contributed by atoms with van der Waals surface area (Å²) in [6.45, 7) is 3.96. The molecule has 3 nitrogen and oxygen atoms in total. The molecule has 2 aromatic rings. The summed E-state index contributed by atoms with van der Waals surface area (Å²) in [6, 6.07) is 5.46. The maximum atomic E-state index is 13.9. The zero-order valence-electron chi connectivity index (χ0n) is 13.1. The number of nitrogens with one attached hydrogen (secondary N) is 1. The third-order valence-corrected chi connectivity index (χ3v) is 3.66. The molecule has 0 bridgehead atoms. The van der Waals surface area contributed by atoms with Gasteiger partial charge in [-0.25, -0.2) is 13.8 Å². The first kappa shape index (κ1) is 15.2. The standard InChI is InChI=1S/C18H16F2N2O/c1-10-6-11(2)21-15(10)8-17-18(23-3)9-16(22-17)13-5-4-12(19)7-14(13)20/h4-9,21H,1-3H3. The number of aliphatic imine (C=N–C) groups is 1. The van der Waals surface area contributed by atoms with Gasteiger partial charge in [0.2, 0.25) is 0 Å². The first-order chi connectivity index (χ1) is 11.0. The molecule has 1 aromatic heterocycles. The van der Waals surface area contributed by atoms with Crippen molar-refractivity contribution in [3.05, 3.63) is 75.9 Å². The molecule has 5 heteroatoms. The van der Waals surface area contributed by atoms with E-state index in [4.69, 9.17) is 4.74 Å². The monoisotopic (exact) mass is 314 g/mol. The van der Waals surface area contributed by atoms with Crippen LogP contribution in [-0.4, -0.2) is 17.8 Å². The van der Waals surface area contributed by atoms with Crippen LogP contribution in [0.25, 0.3) is 6.08 Å². The smallest absolute Gasteiger partial charge is 0.146 e. The topological polar surface area (TPSA) is 37.4 Å². The van der Waals surface area contributed by atoms with E-state index in [0.717, 1.165) is 23.0 Å². The van der Waals surface area contributed by atoms with Gasteiger partial charge in [0.15, 0.2) is 0 Å². The minimum absolute atomic E-state index is 0.240. The first-order valence-corrected chi connectivity index (χ1v) is 7.16. The van der Waals surface area contributed by atoms with Crippen LogP contribution in [0.5, 0.6) is 0 Å². The molecule has 118 valence electrons. The predicted molar refractivity (Wildman–Crippen MR) is 86.2 cm³/mol. The van der Waals surface area contributed by atoms with Crippen molar-refractivity contribution in [3.8, 4) is 0 Å². The Bertz CT molecular complexity index is 860. The largest absolute Gasteiger partial charge is 0.494 e. The molecule has 0 radical (unpaired) electrons. The molecule has 0 fully saturated rings. The number of ether oxygens (including phenoxy) is 1. The fourth-order valence-corrected chi connectivity index (χ4v) is 2.55. The van der Waals surface area contributed by atoms with Crippen LogP contribution in [-0.2, 0) is 4.74 Å². The molecule has 23 heavy (non-hydrogen) atoms. The highest BCUT2D eigenvalue weighted by Crippen LogP contribution is 2.27. The van der Waals surface area contributed by atoms with Crippen molar-refractivity contribution in [2.24, 2.45) is 4.99 Å². The Morgan fingerprint density at radius 1 is 1.17 bits per heavy atom. The Kier molecular flexibility index (Phi) is 3.86. The van der Waals surface area contributed by atoms with Crippen LogP contribution in [0.1, 0.15) is 22.5 Å². The molecular weight excluding hydrogens is 298 g/mol. The molecule has 1 aliphatic heterocycles. The number of methoxy groups -OCH3 is 1. The maximum absolute atomic E-state index is 13.9. The zero-order chi connectivity index (χ0) is 16.6. The van der Waals surface area contributed by atoms with E-state index < -0.39 is 11.6 Å². The number of benzene rings is 1. The lowest BCUT2D eigenvalue weighted by Gasteiger charge is -2.01. The van der Waals surface area contributed by atoms with Crippen LogP contribution < -0.4 is 0 Å². The molecule has 0 amide bonds. The van der Waals surface area contributed by atoms with E-state index in [0.29, 0.717) is 17.2 Å². The molecule has 0 spiro atoms. The van der Waals surface area contributed by atoms with Crippen LogP contribution >= 0.6 is 0 Å². The number of hydrogen-bond acceptors (Lipinski definition) is 2. The lowest BCUT2D eigenvalue weighted by atomic mass is 10.1. The minimum atomic E-state index is -0.649. The molecule has 0 saturated heterocycles. The average molecular weight is 314 g/mol. The van der Waals surface area contributed by atoms with Gasteiger partial charge in [-0.2, -0.15) is 0 Å². The molecular formula is C18H16F2N2O. The second-order valence-corrected chi connectivity index (χ2v) is 5.41. The predicted octanol–water partition coefficient (Wildman–Crippen LogP) is 4.28. The zero-order valence-corrected chi connectivity index (χ0v) is 13.1. The summed E-state index contributed by atoms with van der Waals surface area (Å²) in [5.74, 6) is -0.729. The Morgan fingerprint density at radius 2 is 1.96 bits per heavy atom. The van der Waals surface area contributed by atoms with E-state index >= 15 is 0 Å². The van der Waals surface area contributed by atoms with Gasteiger partial charge in [0.05, 0.1) is 12.8 Å². The van der Waals surface area contributed by atoms with E-state index in [2.05, 4.69) is 9.98 Å². The molecule has 2 heterocycles. The van der Waals surface area contributed by atoms with Crippen molar-refractivity contribution in [2.75, 3.05) is 7.11 Å². The highest BCUT2D eigenvalue weighted by molar-refractivity contribution is 6.12. The molecule has 3 rings (SSSR count). The number of H-pyrrole nitrogens is 1. The summed E-state index contributed by atoms with van der Waals surface area (Å²) < 4.78 is 32.3. The van der Waals surface area contributed by atoms with Crippen molar-refractivity contribution in [1.29, 1.82) is 0 Å². The first-order valence-electron chi connectivity index (χ1n) is 7.16. The average Bonchev–Trinajstić information content (AvgIpc) is 3.02. The van der Waals surface area contributed by atoms with E-state index in [9.17, 15) is 8.78 Å². The number of nitrogens with zero attached hydrogens (tertiary/aromatic N) is 1. The molecule has 0 atom stereocenters. The van der Waals surface area contributed by atoms with E-state index in [1.807, 2.05) is 26.0 Å². The normalized spacial score (nSPS) is 15.8. The summed E-state index contributed by atoms with van der Waals surface area (Å²) in [6.07, 6.45) is 3.50. The molecule has 0 saturated carbocycles. The quantitative estimate of drug-likeness (QED) is 0.902. The van der Waals surface area contributed by atoms with Crippen molar-refractivity contribution in [3.63, 3.8) is 0 Å². The Labute approximate surface area is 133 Å². The molecule has 1 aliphatic rings. The lowest BCUT2D eigenvalue weighted by molar-refractivity contribution is 0.303. The van der Waals surface area contributed by atoms with Gasteiger partial charge >= 0.3 is 0 Å². The van der Waals surface area contributed by atoms with E-state index in [1.54, 1.807) is 6.08 Å². The van der Waals surface area contributed by atoms with Crippen molar-refractivity contribution >= 4 is 11.8 Å².